The number of aromatic nitrogens is 1. The van der Waals surface area contributed by atoms with Crippen molar-refractivity contribution in [3.8, 4) is 0 Å². The molecule has 90 valence electrons. The Balaban J connectivity index is 1.95. The highest BCUT2D eigenvalue weighted by Gasteiger charge is 2.19. The molecule has 0 aliphatic carbocycles. The zero-order chi connectivity index (χ0) is 12.5. The average Bonchev–Trinajstić information content (AvgIpc) is 2.82. The third kappa shape index (κ3) is 1.78. The zero-order valence-electron chi connectivity index (χ0n) is 10.3. The molecule has 0 bridgehead atoms. The number of nitrogens with zero attached hydrogens (tertiary/aromatic N) is 2. The number of hydrogen-bond acceptors (Lipinski definition) is 3. The molecule has 0 fully saturated rings. The Morgan fingerprint density at radius 3 is 2.78 bits per heavy atom. The number of carbonyl (C=O) groups excluding carboxylic acids is 1. The van der Waals surface area contributed by atoms with Gasteiger partial charge >= 0.3 is 0 Å². The number of carbonyl (C=O) groups is 1. The van der Waals surface area contributed by atoms with Crippen molar-refractivity contribution >= 4 is 17.2 Å². The van der Waals surface area contributed by atoms with Gasteiger partial charge in [-0.25, -0.2) is 0 Å². The first kappa shape index (κ1) is 11.0. The van der Waals surface area contributed by atoms with E-state index in [1.165, 1.54) is 18.2 Å². The minimum absolute atomic E-state index is 0.00312. The topological polar surface area (TPSA) is 33.2 Å². The Morgan fingerprint density at radius 2 is 2.06 bits per heavy atom. The molecule has 3 heteroatoms. The summed E-state index contributed by atoms with van der Waals surface area (Å²) in [6.07, 6.45) is 2.84. The predicted octanol–water partition coefficient (Wildman–Crippen LogP) is 2.98. The summed E-state index contributed by atoms with van der Waals surface area (Å²) in [6, 6.07) is 12.2. The van der Waals surface area contributed by atoms with Crippen molar-refractivity contribution in [2.24, 2.45) is 0 Å². The highest BCUT2D eigenvalue weighted by Crippen LogP contribution is 2.33. The summed E-state index contributed by atoms with van der Waals surface area (Å²) in [7, 11) is 0. The van der Waals surface area contributed by atoms with E-state index in [4.69, 9.17) is 0 Å². The lowest BCUT2D eigenvalue weighted by Gasteiger charge is -2.19. The van der Waals surface area contributed by atoms with Gasteiger partial charge in [-0.15, -0.1) is 0 Å². The Labute approximate surface area is 106 Å². The van der Waals surface area contributed by atoms with Crippen LogP contribution in [0, 0.1) is 0 Å². The first-order valence-electron chi connectivity index (χ1n) is 6.08. The molecule has 0 N–H and O–H groups in total. The van der Waals surface area contributed by atoms with E-state index in [0.29, 0.717) is 5.69 Å². The number of pyridine rings is 1. The molecule has 2 heterocycles. The first-order valence-corrected chi connectivity index (χ1v) is 6.08. The fraction of sp³-hybridized carbons (Fsp3) is 0.200. The Hall–Kier alpha value is -2.16. The summed E-state index contributed by atoms with van der Waals surface area (Å²) < 4.78 is 0. The van der Waals surface area contributed by atoms with Crippen LogP contribution < -0.4 is 4.90 Å². The van der Waals surface area contributed by atoms with Gasteiger partial charge in [-0.3, -0.25) is 9.78 Å². The maximum atomic E-state index is 11.2. The van der Waals surface area contributed by atoms with Crippen LogP contribution in [0.5, 0.6) is 0 Å². The molecule has 0 radical (unpaired) electrons. The van der Waals surface area contributed by atoms with Crippen molar-refractivity contribution in [2.45, 2.75) is 13.3 Å². The van der Waals surface area contributed by atoms with Crippen LogP contribution in [0.2, 0.25) is 0 Å². The molecule has 0 amide bonds. The van der Waals surface area contributed by atoms with Gasteiger partial charge < -0.3 is 4.90 Å². The van der Waals surface area contributed by atoms with Gasteiger partial charge in [0, 0.05) is 19.2 Å². The molecule has 0 saturated carbocycles. The molecule has 1 aliphatic rings. The Kier molecular flexibility index (Phi) is 2.59. The lowest BCUT2D eigenvalue weighted by Crippen LogP contribution is -2.13. The second kappa shape index (κ2) is 4.26. The van der Waals surface area contributed by atoms with Crippen LogP contribution in [0.15, 0.2) is 42.6 Å². The van der Waals surface area contributed by atoms with Gasteiger partial charge in [0.2, 0.25) is 0 Å². The molecule has 3 nitrogen and oxygen atoms in total. The minimum atomic E-state index is 0.00312. The third-order valence-electron chi connectivity index (χ3n) is 3.31. The predicted molar refractivity (Wildman–Crippen MR) is 71.4 cm³/mol. The average molecular weight is 238 g/mol. The first-order chi connectivity index (χ1) is 8.75. The normalized spacial score (nSPS) is 13.5. The van der Waals surface area contributed by atoms with Crippen molar-refractivity contribution in [3.63, 3.8) is 0 Å². The number of ketones is 1. The van der Waals surface area contributed by atoms with E-state index in [1.807, 2.05) is 6.07 Å². The van der Waals surface area contributed by atoms with E-state index in [1.54, 1.807) is 12.3 Å². The van der Waals surface area contributed by atoms with E-state index >= 15 is 0 Å². The molecule has 2 aromatic rings. The van der Waals surface area contributed by atoms with Gasteiger partial charge in [0.15, 0.2) is 5.78 Å². The standard InChI is InChI=1S/C15H14N2O/c1-11(18)14-7-6-13(10-16-14)17-9-8-12-4-2-3-5-15(12)17/h2-7,10H,8-9H2,1H3. The second-order valence-electron chi connectivity index (χ2n) is 4.49. The van der Waals surface area contributed by atoms with Crippen LogP contribution in [-0.4, -0.2) is 17.3 Å². The number of benzene rings is 1. The van der Waals surface area contributed by atoms with Crippen LogP contribution in [0.3, 0.4) is 0 Å². The highest BCUT2D eigenvalue weighted by atomic mass is 16.1. The maximum Gasteiger partial charge on any atom is 0.178 e. The largest absolute Gasteiger partial charge is 0.340 e. The quantitative estimate of drug-likeness (QED) is 0.754. The molecule has 0 unspecified atom stereocenters. The lowest BCUT2D eigenvalue weighted by atomic mass is 10.2. The zero-order valence-corrected chi connectivity index (χ0v) is 10.3. The molecule has 3 rings (SSSR count). The van der Waals surface area contributed by atoms with Crippen LogP contribution >= 0.6 is 0 Å². The molecule has 0 spiro atoms. The number of anilines is 2. The Morgan fingerprint density at radius 1 is 1.22 bits per heavy atom. The second-order valence-corrected chi connectivity index (χ2v) is 4.49. The highest BCUT2D eigenvalue weighted by molar-refractivity contribution is 5.92. The van der Waals surface area contributed by atoms with Crippen LogP contribution in [0.25, 0.3) is 0 Å². The van der Waals surface area contributed by atoms with Gasteiger partial charge in [0.05, 0.1) is 11.9 Å². The lowest BCUT2D eigenvalue weighted by molar-refractivity contribution is 0.101. The van der Waals surface area contributed by atoms with Crippen LogP contribution in [0.4, 0.5) is 11.4 Å². The summed E-state index contributed by atoms with van der Waals surface area (Å²) in [5.74, 6) is 0.00312. The number of rotatable bonds is 2. The summed E-state index contributed by atoms with van der Waals surface area (Å²) in [6.45, 7) is 2.51. The van der Waals surface area contributed by atoms with Gasteiger partial charge in [-0.05, 0) is 30.2 Å². The number of para-hydroxylation sites is 1. The van der Waals surface area contributed by atoms with E-state index in [0.717, 1.165) is 18.7 Å². The van der Waals surface area contributed by atoms with Gasteiger partial charge in [0.25, 0.3) is 0 Å². The van der Waals surface area contributed by atoms with E-state index in [2.05, 4.69) is 34.1 Å². The van der Waals surface area contributed by atoms with Crippen LogP contribution in [0.1, 0.15) is 23.0 Å². The molecule has 18 heavy (non-hydrogen) atoms. The molecule has 1 aromatic carbocycles. The molecule has 1 aromatic heterocycles. The molecule has 0 saturated heterocycles. The number of fused-ring (bicyclic) bond motifs is 1. The smallest absolute Gasteiger partial charge is 0.178 e. The maximum absolute atomic E-state index is 11.2. The monoisotopic (exact) mass is 238 g/mol. The van der Waals surface area contributed by atoms with Crippen molar-refractivity contribution in [1.82, 2.24) is 4.98 Å². The minimum Gasteiger partial charge on any atom is -0.340 e. The summed E-state index contributed by atoms with van der Waals surface area (Å²) in [5.41, 5.74) is 4.18. The number of hydrogen-bond donors (Lipinski definition) is 0. The van der Waals surface area contributed by atoms with Crippen molar-refractivity contribution in [3.05, 3.63) is 53.9 Å². The van der Waals surface area contributed by atoms with Gasteiger partial charge in [0.1, 0.15) is 5.69 Å². The SMILES string of the molecule is CC(=O)c1ccc(N2CCc3ccccc32)cn1. The van der Waals surface area contributed by atoms with Crippen molar-refractivity contribution < 1.29 is 4.79 Å². The number of Topliss-reactive ketones (excluding diaryl/α,β-unsaturated/α-hetero) is 1. The summed E-state index contributed by atoms with van der Waals surface area (Å²) >= 11 is 0. The van der Waals surface area contributed by atoms with Crippen molar-refractivity contribution in [1.29, 1.82) is 0 Å². The van der Waals surface area contributed by atoms with Gasteiger partial charge in [-0.1, -0.05) is 18.2 Å². The van der Waals surface area contributed by atoms with E-state index in [9.17, 15) is 4.79 Å². The molecule has 1 aliphatic heterocycles. The summed E-state index contributed by atoms with van der Waals surface area (Å²) in [4.78, 5) is 17.6. The van der Waals surface area contributed by atoms with Crippen LogP contribution in [-0.2, 0) is 6.42 Å². The summed E-state index contributed by atoms with van der Waals surface area (Å²) in [5, 5.41) is 0. The fourth-order valence-corrected chi connectivity index (χ4v) is 2.36. The Bertz CT molecular complexity index is 590. The molecular weight excluding hydrogens is 224 g/mol. The van der Waals surface area contributed by atoms with E-state index < -0.39 is 0 Å². The van der Waals surface area contributed by atoms with E-state index in [-0.39, 0.29) is 5.78 Å². The van der Waals surface area contributed by atoms with Gasteiger partial charge in [-0.2, -0.15) is 0 Å². The molecule has 0 atom stereocenters. The van der Waals surface area contributed by atoms with Crippen molar-refractivity contribution in [2.75, 3.05) is 11.4 Å². The molecular formula is C15H14N2O. The fourth-order valence-electron chi connectivity index (χ4n) is 2.36. The third-order valence-corrected chi connectivity index (χ3v) is 3.31.